The molecule has 1 atom stereocenters. The van der Waals surface area contributed by atoms with Gasteiger partial charge in [0.2, 0.25) is 11.8 Å². The van der Waals surface area contributed by atoms with Gasteiger partial charge in [0, 0.05) is 18.6 Å². The molecule has 0 spiro atoms. The molecule has 0 saturated carbocycles. The van der Waals surface area contributed by atoms with Crippen molar-refractivity contribution in [3.8, 4) is 0 Å². The smallest absolute Gasteiger partial charge is 0.264 e. The lowest BCUT2D eigenvalue weighted by molar-refractivity contribution is -0.139. The normalized spacial score (nSPS) is 12.1. The number of rotatable bonds is 9. The molecule has 0 aliphatic heterocycles. The van der Waals surface area contributed by atoms with Crippen molar-refractivity contribution in [2.75, 3.05) is 17.9 Å². The highest BCUT2D eigenvalue weighted by Crippen LogP contribution is 2.31. The minimum atomic E-state index is -4.14. The summed E-state index contributed by atoms with van der Waals surface area (Å²) in [7, 11) is -2.65. The largest absolute Gasteiger partial charge is 0.357 e. The first-order chi connectivity index (χ1) is 17.4. The summed E-state index contributed by atoms with van der Waals surface area (Å²) in [6, 6.07) is 18.1. The van der Waals surface area contributed by atoms with Crippen molar-refractivity contribution in [1.82, 2.24) is 10.2 Å². The van der Waals surface area contributed by atoms with Crippen LogP contribution in [0.2, 0.25) is 5.02 Å². The Hall–Kier alpha value is -3.36. The molecule has 196 valence electrons. The van der Waals surface area contributed by atoms with Gasteiger partial charge in [0.05, 0.1) is 10.6 Å². The summed E-state index contributed by atoms with van der Waals surface area (Å²) in [4.78, 5) is 27.8. The number of nitrogens with zero attached hydrogens (tertiary/aromatic N) is 2. The molecule has 0 unspecified atom stereocenters. The molecule has 0 aliphatic carbocycles. The Labute approximate surface area is 224 Å². The first-order valence-electron chi connectivity index (χ1n) is 11.9. The second-order valence-corrected chi connectivity index (χ2v) is 11.3. The monoisotopic (exact) mass is 541 g/mol. The number of amides is 2. The van der Waals surface area contributed by atoms with Crippen LogP contribution in [0.5, 0.6) is 0 Å². The molecule has 7 nitrogen and oxygen atoms in total. The van der Waals surface area contributed by atoms with E-state index in [-0.39, 0.29) is 17.3 Å². The van der Waals surface area contributed by atoms with Gasteiger partial charge in [0.1, 0.15) is 12.6 Å². The predicted molar refractivity (Wildman–Crippen MR) is 147 cm³/mol. The number of hydrogen-bond acceptors (Lipinski definition) is 4. The van der Waals surface area contributed by atoms with E-state index in [2.05, 4.69) is 5.32 Å². The maximum atomic E-state index is 13.9. The zero-order valence-electron chi connectivity index (χ0n) is 21.7. The van der Waals surface area contributed by atoms with E-state index in [9.17, 15) is 18.0 Å². The number of carbonyl (C=O) groups is 2. The lowest BCUT2D eigenvalue weighted by Gasteiger charge is -2.32. The van der Waals surface area contributed by atoms with Gasteiger partial charge in [0.15, 0.2) is 0 Å². The highest BCUT2D eigenvalue weighted by atomic mass is 35.5. The van der Waals surface area contributed by atoms with E-state index in [1.165, 1.54) is 24.1 Å². The third-order valence-corrected chi connectivity index (χ3v) is 8.43. The minimum absolute atomic E-state index is 0.0508. The Kier molecular flexibility index (Phi) is 8.99. The first kappa shape index (κ1) is 28.2. The molecule has 0 heterocycles. The number of halogens is 1. The van der Waals surface area contributed by atoms with Crippen LogP contribution in [0.3, 0.4) is 0 Å². The number of carbonyl (C=O) groups excluding carboxylic acids is 2. The molecule has 0 saturated heterocycles. The van der Waals surface area contributed by atoms with Crippen molar-refractivity contribution in [1.29, 1.82) is 0 Å². The van der Waals surface area contributed by atoms with Crippen molar-refractivity contribution in [3.63, 3.8) is 0 Å². The molecule has 3 rings (SSSR count). The fourth-order valence-corrected chi connectivity index (χ4v) is 5.66. The molecule has 0 fully saturated rings. The number of benzene rings is 3. The van der Waals surface area contributed by atoms with Gasteiger partial charge in [-0.3, -0.25) is 13.9 Å². The minimum Gasteiger partial charge on any atom is -0.357 e. The van der Waals surface area contributed by atoms with Crippen molar-refractivity contribution in [2.45, 2.75) is 45.2 Å². The average Bonchev–Trinajstić information content (AvgIpc) is 2.87. The SMILES string of the molecule is CNC(=O)[C@H](C)N(Cc1cccc(C)c1)C(=O)CN(c1cccc(Cl)c1C)S(=O)(=O)c1ccc(C)cc1. The molecule has 3 aromatic carbocycles. The van der Waals surface area contributed by atoms with Gasteiger partial charge in [-0.25, -0.2) is 8.42 Å². The Morgan fingerprint density at radius 2 is 1.59 bits per heavy atom. The van der Waals surface area contributed by atoms with E-state index in [0.717, 1.165) is 21.0 Å². The van der Waals surface area contributed by atoms with Crippen LogP contribution in [0.15, 0.2) is 71.6 Å². The summed E-state index contributed by atoms with van der Waals surface area (Å²) in [5.41, 5.74) is 3.57. The third-order valence-electron chi connectivity index (χ3n) is 6.24. The van der Waals surface area contributed by atoms with Crippen LogP contribution >= 0.6 is 11.6 Å². The van der Waals surface area contributed by atoms with Crippen LogP contribution in [-0.2, 0) is 26.2 Å². The fraction of sp³-hybridized carbons (Fsp3) is 0.286. The Morgan fingerprint density at radius 3 is 2.22 bits per heavy atom. The molecule has 1 N–H and O–H groups in total. The molecule has 3 aromatic rings. The Morgan fingerprint density at radius 1 is 0.946 bits per heavy atom. The Balaban J connectivity index is 2.08. The van der Waals surface area contributed by atoms with Gasteiger partial charge in [-0.1, -0.05) is 65.2 Å². The number of anilines is 1. The summed E-state index contributed by atoms with van der Waals surface area (Å²) in [6.45, 7) is 6.76. The second-order valence-electron chi connectivity index (χ2n) is 9.01. The summed E-state index contributed by atoms with van der Waals surface area (Å²) in [6.07, 6.45) is 0. The molecule has 0 bridgehead atoms. The van der Waals surface area contributed by atoms with E-state index in [0.29, 0.717) is 16.3 Å². The zero-order chi connectivity index (χ0) is 27.3. The lowest BCUT2D eigenvalue weighted by Crippen LogP contribution is -2.50. The van der Waals surface area contributed by atoms with Gasteiger partial charge in [-0.05, 0) is 63.1 Å². The number of hydrogen-bond donors (Lipinski definition) is 1. The standard InChI is InChI=1S/C28H32ClN3O4S/c1-19-12-14-24(15-13-19)37(35,36)32(26-11-7-10-25(29)21(26)3)18-27(33)31(22(4)28(34)30-5)17-23-9-6-8-20(2)16-23/h6-16,22H,17-18H2,1-5H3,(H,30,34)/t22-/m0/s1. The molecule has 0 radical (unpaired) electrons. The highest BCUT2D eigenvalue weighted by Gasteiger charge is 2.33. The van der Waals surface area contributed by atoms with Crippen LogP contribution in [0.25, 0.3) is 0 Å². The first-order valence-corrected chi connectivity index (χ1v) is 13.7. The second kappa shape index (κ2) is 11.8. The lowest BCUT2D eigenvalue weighted by atomic mass is 10.1. The van der Waals surface area contributed by atoms with Crippen LogP contribution in [0, 0.1) is 20.8 Å². The number of sulfonamides is 1. The number of nitrogens with one attached hydrogen (secondary N) is 1. The molecule has 0 aliphatic rings. The van der Waals surface area contributed by atoms with Gasteiger partial charge >= 0.3 is 0 Å². The maximum Gasteiger partial charge on any atom is 0.264 e. The van der Waals surface area contributed by atoms with E-state index in [1.807, 2.05) is 38.1 Å². The van der Waals surface area contributed by atoms with Crippen molar-refractivity contribution < 1.29 is 18.0 Å². The maximum absolute atomic E-state index is 13.9. The fourth-order valence-electron chi connectivity index (χ4n) is 4.02. The third kappa shape index (κ3) is 6.50. The van der Waals surface area contributed by atoms with E-state index in [1.54, 1.807) is 44.2 Å². The molecule has 9 heteroatoms. The van der Waals surface area contributed by atoms with Crippen LogP contribution in [0.4, 0.5) is 5.69 Å². The summed E-state index contributed by atoms with van der Waals surface area (Å²) in [5, 5.41) is 2.96. The summed E-state index contributed by atoms with van der Waals surface area (Å²) >= 11 is 6.34. The topological polar surface area (TPSA) is 86.8 Å². The van der Waals surface area contributed by atoms with Crippen molar-refractivity contribution in [3.05, 3.63) is 94.0 Å². The Bertz CT molecular complexity index is 1390. The van der Waals surface area contributed by atoms with Crippen LogP contribution in [0.1, 0.15) is 29.2 Å². The van der Waals surface area contributed by atoms with Gasteiger partial charge in [-0.2, -0.15) is 0 Å². The van der Waals surface area contributed by atoms with Crippen molar-refractivity contribution >= 4 is 39.1 Å². The van der Waals surface area contributed by atoms with E-state index < -0.39 is 28.5 Å². The predicted octanol–water partition coefficient (Wildman–Crippen LogP) is 4.62. The van der Waals surface area contributed by atoms with Gasteiger partial charge in [-0.15, -0.1) is 0 Å². The van der Waals surface area contributed by atoms with Crippen LogP contribution in [-0.4, -0.2) is 44.8 Å². The molecule has 37 heavy (non-hydrogen) atoms. The summed E-state index contributed by atoms with van der Waals surface area (Å²) in [5.74, 6) is -0.874. The van der Waals surface area contributed by atoms with Crippen molar-refractivity contribution in [2.24, 2.45) is 0 Å². The van der Waals surface area contributed by atoms with E-state index >= 15 is 0 Å². The number of aryl methyl sites for hydroxylation is 2. The van der Waals surface area contributed by atoms with Gasteiger partial charge in [0.25, 0.3) is 10.0 Å². The van der Waals surface area contributed by atoms with E-state index in [4.69, 9.17) is 11.6 Å². The molecular weight excluding hydrogens is 510 g/mol. The molecule has 0 aromatic heterocycles. The highest BCUT2D eigenvalue weighted by molar-refractivity contribution is 7.92. The summed E-state index contributed by atoms with van der Waals surface area (Å²) < 4.78 is 28.8. The molecule has 2 amide bonds. The molecular formula is C28H32ClN3O4S. The zero-order valence-corrected chi connectivity index (χ0v) is 23.2. The van der Waals surface area contributed by atoms with Crippen LogP contribution < -0.4 is 9.62 Å². The van der Waals surface area contributed by atoms with Gasteiger partial charge < -0.3 is 10.2 Å². The average molecular weight is 542 g/mol. The number of likely N-dealkylation sites (N-methyl/N-ethyl adjacent to an activating group) is 1. The quantitative estimate of drug-likeness (QED) is 0.428.